The molecule has 2 heterocycles. The highest BCUT2D eigenvalue weighted by molar-refractivity contribution is 5.34. The number of methoxy groups -OCH3 is 1. The van der Waals surface area contributed by atoms with Gasteiger partial charge in [-0.05, 0) is 32.2 Å². The fourth-order valence-corrected chi connectivity index (χ4v) is 1.85. The van der Waals surface area contributed by atoms with Crippen molar-refractivity contribution in [2.45, 2.75) is 13.0 Å². The van der Waals surface area contributed by atoms with Crippen LogP contribution in [0.25, 0.3) is 0 Å². The highest BCUT2D eigenvalue weighted by Crippen LogP contribution is 2.28. The van der Waals surface area contributed by atoms with Gasteiger partial charge >= 0.3 is 0 Å². The van der Waals surface area contributed by atoms with Gasteiger partial charge in [-0.25, -0.2) is 4.98 Å². The minimum absolute atomic E-state index is 0.0488. The molecule has 0 saturated carbocycles. The van der Waals surface area contributed by atoms with Gasteiger partial charge < -0.3 is 14.5 Å². The first-order chi connectivity index (χ1) is 8.26. The summed E-state index contributed by atoms with van der Waals surface area (Å²) >= 11 is 0. The first-order valence-corrected chi connectivity index (χ1v) is 5.48. The third-order valence-electron chi connectivity index (χ3n) is 2.64. The van der Waals surface area contributed by atoms with Crippen molar-refractivity contribution in [1.82, 2.24) is 10.3 Å². The van der Waals surface area contributed by atoms with Crippen LogP contribution in [-0.4, -0.2) is 19.1 Å². The quantitative estimate of drug-likeness (QED) is 0.878. The predicted molar refractivity (Wildman–Crippen MR) is 65.1 cm³/mol. The van der Waals surface area contributed by atoms with Gasteiger partial charge in [-0.15, -0.1) is 0 Å². The molecule has 4 heteroatoms. The molecule has 2 aromatic rings. The second-order valence-corrected chi connectivity index (χ2v) is 3.77. The van der Waals surface area contributed by atoms with Crippen LogP contribution < -0.4 is 10.1 Å². The Morgan fingerprint density at radius 1 is 1.35 bits per heavy atom. The normalized spacial score (nSPS) is 12.4. The summed E-state index contributed by atoms with van der Waals surface area (Å²) in [6.07, 6.45) is 1.71. The zero-order chi connectivity index (χ0) is 12.3. The van der Waals surface area contributed by atoms with Gasteiger partial charge in [0.25, 0.3) is 0 Å². The second-order valence-electron chi connectivity index (χ2n) is 3.77. The Morgan fingerprint density at radius 3 is 2.76 bits per heavy atom. The molecular formula is C13H16N2O2. The van der Waals surface area contributed by atoms with Gasteiger partial charge in [0.1, 0.15) is 11.5 Å². The Morgan fingerprint density at radius 2 is 2.18 bits per heavy atom. The zero-order valence-corrected chi connectivity index (χ0v) is 10.2. The molecule has 0 aromatic carbocycles. The van der Waals surface area contributed by atoms with Crippen molar-refractivity contribution in [1.29, 1.82) is 0 Å². The van der Waals surface area contributed by atoms with Crippen LogP contribution in [0.15, 0.2) is 34.9 Å². The van der Waals surface area contributed by atoms with Gasteiger partial charge in [0.2, 0.25) is 5.88 Å². The average molecular weight is 232 g/mol. The van der Waals surface area contributed by atoms with Crippen molar-refractivity contribution in [2.24, 2.45) is 0 Å². The molecule has 0 saturated heterocycles. The fraction of sp³-hybridized carbons (Fsp3) is 0.308. The van der Waals surface area contributed by atoms with E-state index in [2.05, 4.69) is 10.3 Å². The molecular weight excluding hydrogens is 216 g/mol. The van der Waals surface area contributed by atoms with E-state index in [1.807, 2.05) is 38.2 Å². The number of furan rings is 1. The van der Waals surface area contributed by atoms with Gasteiger partial charge in [0, 0.05) is 11.8 Å². The van der Waals surface area contributed by atoms with Crippen LogP contribution in [0.3, 0.4) is 0 Å². The van der Waals surface area contributed by atoms with E-state index in [9.17, 15) is 0 Å². The fourth-order valence-electron chi connectivity index (χ4n) is 1.85. The molecule has 4 nitrogen and oxygen atoms in total. The largest absolute Gasteiger partial charge is 0.481 e. The predicted octanol–water partition coefficient (Wildman–Crippen LogP) is 2.30. The van der Waals surface area contributed by atoms with E-state index in [0.717, 1.165) is 17.1 Å². The van der Waals surface area contributed by atoms with Crippen molar-refractivity contribution in [2.75, 3.05) is 14.2 Å². The monoisotopic (exact) mass is 232 g/mol. The average Bonchev–Trinajstić information content (AvgIpc) is 2.77. The molecule has 0 fully saturated rings. The number of nitrogens with one attached hydrogen (secondary N) is 1. The maximum Gasteiger partial charge on any atom is 0.218 e. The summed E-state index contributed by atoms with van der Waals surface area (Å²) in [5, 5.41) is 3.21. The number of hydrogen-bond donors (Lipinski definition) is 1. The third kappa shape index (κ3) is 2.31. The first kappa shape index (κ1) is 11.7. The van der Waals surface area contributed by atoms with Crippen LogP contribution in [-0.2, 0) is 0 Å². The Kier molecular flexibility index (Phi) is 3.44. The Labute approximate surface area is 101 Å². The van der Waals surface area contributed by atoms with Crippen molar-refractivity contribution in [3.05, 3.63) is 47.5 Å². The number of pyridine rings is 1. The highest BCUT2D eigenvalue weighted by Gasteiger charge is 2.19. The summed E-state index contributed by atoms with van der Waals surface area (Å²) in [6.45, 7) is 1.93. The number of hydrogen-bond acceptors (Lipinski definition) is 4. The summed E-state index contributed by atoms with van der Waals surface area (Å²) < 4.78 is 10.9. The lowest BCUT2D eigenvalue weighted by Gasteiger charge is -2.16. The maximum atomic E-state index is 5.64. The molecule has 0 spiro atoms. The summed E-state index contributed by atoms with van der Waals surface area (Å²) in [4.78, 5) is 4.19. The Balaban J connectivity index is 2.41. The van der Waals surface area contributed by atoms with E-state index in [1.165, 1.54) is 0 Å². The molecule has 1 unspecified atom stereocenters. The zero-order valence-electron chi connectivity index (χ0n) is 10.2. The van der Waals surface area contributed by atoms with Gasteiger partial charge in [-0.2, -0.15) is 0 Å². The van der Waals surface area contributed by atoms with Crippen molar-refractivity contribution in [3.63, 3.8) is 0 Å². The van der Waals surface area contributed by atoms with Crippen LogP contribution >= 0.6 is 0 Å². The molecule has 0 aliphatic carbocycles. The molecule has 0 aliphatic heterocycles. The van der Waals surface area contributed by atoms with E-state index >= 15 is 0 Å². The molecule has 1 atom stereocenters. The molecule has 1 N–H and O–H groups in total. The minimum Gasteiger partial charge on any atom is -0.481 e. The number of aromatic nitrogens is 1. The van der Waals surface area contributed by atoms with Crippen LogP contribution in [0.4, 0.5) is 0 Å². The number of nitrogens with zero attached hydrogens (tertiary/aromatic N) is 1. The third-order valence-corrected chi connectivity index (χ3v) is 2.64. The van der Waals surface area contributed by atoms with Gasteiger partial charge in [-0.3, -0.25) is 0 Å². The lowest BCUT2D eigenvalue weighted by molar-refractivity contribution is 0.379. The van der Waals surface area contributed by atoms with Crippen molar-refractivity contribution < 1.29 is 9.15 Å². The van der Waals surface area contributed by atoms with Gasteiger partial charge in [0.05, 0.1) is 13.2 Å². The van der Waals surface area contributed by atoms with E-state index in [1.54, 1.807) is 13.3 Å². The number of aryl methyl sites for hydroxylation is 1. The summed E-state index contributed by atoms with van der Waals surface area (Å²) in [6, 6.07) is 7.72. The van der Waals surface area contributed by atoms with Crippen molar-refractivity contribution in [3.8, 4) is 5.88 Å². The smallest absolute Gasteiger partial charge is 0.218 e. The van der Waals surface area contributed by atoms with Crippen LogP contribution in [0.2, 0.25) is 0 Å². The molecule has 0 radical (unpaired) electrons. The molecule has 17 heavy (non-hydrogen) atoms. The van der Waals surface area contributed by atoms with Crippen molar-refractivity contribution >= 4 is 0 Å². The Bertz CT molecular complexity index is 494. The van der Waals surface area contributed by atoms with E-state index in [-0.39, 0.29) is 6.04 Å². The van der Waals surface area contributed by atoms with E-state index < -0.39 is 0 Å². The topological polar surface area (TPSA) is 47.3 Å². The van der Waals surface area contributed by atoms with Crippen LogP contribution in [0.1, 0.15) is 23.1 Å². The number of rotatable bonds is 4. The molecule has 2 aromatic heterocycles. The van der Waals surface area contributed by atoms with E-state index in [4.69, 9.17) is 9.15 Å². The molecule has 90 valence electrons. The maximum absolute atomic E-state index is 5.64. The second kappa shape index (κ2) is 5.01. The molecule has 0 amide bonds. The lowest BCUT2D eigenvalue weighted by atomic mass is 10.1. The number of ether oxygens (including phenoxy) is 1. The standard InChI is InChI=1S/C13H16N2O2/c1-9-6-7-11(17-9)12(14-2)10-5-4-8-15-13(10)16-3/h4-8,12,14H,1-3H3. The summed E-state index contributed by atoms with van der Waals surface area (Å²) in [5.41, 5.74) is 0.965. The first-order valence-electron chi connectivity index (χ1n) is 5.48. The van der Waals surface area contributed by atoms with Gasteiger partial charge in [-0.1, -0.05) is 6.07 Å². The molecule has 0 bridgehead atoms. The summed E-state index contributed by atoms with van der Waals surface area (Å²) in [7, 11) is 3.50. The minimum atomic E-state index is -0.0488. The Hall–Kier alpha value is -1.81. The summed E-state index contributed by atoms with van der Waals surface area (Å²) in [5.74, 6) is 2.36. The lowest BCUT2D eigenvalue weighted by Crippen LogP contribution is -2.18. The SMILES string of the molecule is CNC(c1ccc(C)o1)c1cccnc1OC. The van der Waals surface area contributed by atoms with E-state index in [0.29, 0.717) is 5.88 Å². The highest BCUT2D eigenvalue weighted by atomic mass is 16.5. The molecule has 2 rings (SSSR count). The van der Waals surface area contributed by atoms with Crippen LogP contribution in [0.5, 0.6) is 5.88 Å². The molecule has 0 aliphatic rings. The van der Waals surface area contributed by atoms with Crippen LogP contribution in [0, 0.1) is 6.92 Å². The van der Waals surface area contributed by atoms with Gasteiger partial charge in [0.15, 0.2) is 0 Å².